The van der Waals surface area contributed by atoms with Crippen LogP contribution in [0.1, 0.15) is 13.3 Å². The molecule has 0 aromatic carbocycles. The Balaban J connectivity index is 2.49. The van der Waals surface area contributed by atoms with Crippen LogP contribution < -0.4 is 5.73 Å². The van der Waals surface area contributed by atoms with Gasteiger partial charge in [-0.1, -0.05) is 6.08 Å². The van der Waals surface area contributed by atoms with Gasteiger partial charge in [-0.25, -0.2) is 0 Å². The quantitative estimate of drug-likeness (QED) is 0.475. The Morgan fingerprint density at radius 1 is 2.00 bits per heavy atom. The second-order valence-electron chi connectivity index (χ2n) is 2.81. The normalized spacial score (nSPS) is 34.5. The molecule has 2 N–H and O–H groups in total. The maximum Gasteiger partial charge on any atom is 0.326 e. The molecule has 0 aliphatic heterocycles. The van der Waals surface area contributed by atoms with Crippen molar-refractivity contribution in [3.05, 3.63) is 12.7 Å². The largest absolute Gasteiger partial charge is 0.465 e. The van der Waals surface area contributed by atoms with Crippen LogP contribution in [0.3, 0.4) is 0 Å². The van der Waals surface area contributed by atoms with Gasteiger partial charge in [-0.3, -0.25) is 4.79 Å². The molecular formula is C8H13NO2. The van der Waals surface area contributed by atoms with E-state index in [1.54, 1.807) is 13.0 Å². The minimum atomic E-state index is -0.752. The molecule has 1 rings (SSSR count). The predicted octanol–water partition coefficient (Wildman–Crippen LogP) is 0.453. The molecule has 1 aliphatic rings. The molecule has 0 spiro atoms. The van der Waals surface area contributed by atoms with Gasteiger partial charge < -0.3 is 10.5 Å². The smallest absolute Gasteiger partial charge is 0.326 e. The van der Waals surface area contributed by atoms with Gasteiger partial charge in [0.05, 0.1) is 6.61 Å². The highest BCUT2D eigenvalue weighted by molar-refractivity contribution is 5.85. The molecule has 1 aliphatic carbocycles. The number of rotatable bonds is 3. The van der Waals surface area contributed by atoms with Crippen LogP contribution in [0.15, 0.2) is 12.7 Å². The zero-order valence-electron chi connectivity index (χ0n) is 6.67. The minimum absolute atomic E-state index is 0.113. The van der Waals surface area contributed by atoms with E-state index >= 15 is 0 Å². The fourth-order valence-corrected chi connectivity index (χ4v) is 1.10. The van der Waals surface area contributed by atoms with Gasteiger partial charge >= 0.3 is 5.97 Å². The van der Waals surface area contributed by atoms with Crippen molar-refractivity contribution in [1.82, 2.24) is 0 Å². The van der Waals surface area contributed by atoms with Crippen molar-refractivity contribution in [2.75, 3.05) is 6.61 Å². The molecule has 0 radical (unpaired) electrons. The second-order valence-corrected chi connectivity index (χ2v) is 2.81. The summed E-state index contributed by atoms with van der Waals surface area (Å²) in [6, 6.07) is 0. The van der Waals surface area contributed by atoms with Crippen molar-refractivity contribution in [2.45, 2.75) is 18.9 Å². The average Bonchev–Trinajstić information content (AvgIpc) is 2.64. The van der Waals surface area contributed by atoms with Crippen LogP contribution in [0.25, 0.3) is 0 Å². The minimum Gasteiger partial charge on any atom is -0.465 e. The average molecular weight is 155 g/mol. The summed E-state index contributed by atoms with van der Waals surface area (Å²) in [6.07, 6.45) is 2.38. The van der Waals surface area contributed by atoms with E-state index in [4.69, 9.17) is 10.5 Å². The molecule has 0 heterocycles. The molecule has 0 saturated heterocycles. The van der Waals surface area contributed by atoms with Crippen LogP contribution in [-0.2, 0) is 9.53 Å². The number of ether oxygens (including phenoxy) is 1. The lowest BCUT2D eigenvalue weighted by atomic mass is 10.2. The van der Waals surface area contributed by atoms with E-state index in [0.29, 0.717) is 13.0 Å². The highest BCUT2D eigenvalue weighted by atomic mass is 16.5. The number of carbonyl (C=O) groups excluding carboxylic acids is 1. The van der Waals surface area contributed by atoms with Gasteiger partial charge in [-0.15, -0.1) is 6.58 Å². The van der Waals surface area contributed by atoms with Crippen molar-refractivity contribution >= 4 is 5.97 Å². The SMILES string of the molecule is C=C[C@H]1CC1(N)C(=O)OCC. The van der Waals surface area contributed by atoms with Crippen LogP contribution in [0.2, 0.25) is 0 Å². The number of carbonyl (C=O) groups is 1. The van der Waals surface area contributed by atoms with Gasteiger partial charge in [0.15, 0.2) is 0 Å². The van der Waals surface area contributed by atoms with Crippen LogP contribution in [-0.4, -0.2) is 18.1 Å². The zero-order valence-corrected chi connectivity index (χ0v) is 6.67. The highest BCUT2D eigenvalue weighted by Crippen LogP contribution is 2.42. The molecule has 3 nitrogen and oxygen atoms in total. The lowest BCUT2D eigenvalue weighted by Gasteiger charge is -2.07. The molecule has 11 heavy (non-hydrogen) atoms. The van der Waals surface area contributed by atoms with Crippen molar-refractivity contribution in [3.8, 4) is 0 Å². The van der Waals surface area contributed by atoms with Gasteiger partial charge in [-0.2, -0.15) is 0 Å². The maximum atomic E-state index is 11.1. The summed E-state index contributed by atoms with van der Waals surface area (Å²) in [6.45, 7) is 5.73. The zero-order chi connectivity index (χ0) is 8.48. The lowest BCUT2D eigenvalue weighted by Crippen LogP contribution is -2.36. The summed E-state index contributed by atoms with van der Waals surface area (Å²) in [4.78, 5) is 11.1. The maximum absolute atomic E-state index is 11.1. The van der Waals surface area contributed by atoms with E-state index in [1.807, 2.05) is 0 Å². The Morgan fingerprint density at radius 3 is 3.00 bits per heavy atom. The Hall–Kier alpha value is -0.830. The van der Waals surface area contributed by atoms with Crippen LogP contribution in [0.5, 0.6) is 0 Å². The molecule has 1 saturated carbocycles. The molecule has 0 amide bonds. The Bertz CT molecular complexity index is 191. The summed E-state index contributed by atoms with van der Waals surface area (Å²) in [5.74, 6) is -0.188. The van der Waals surface area contributed by atoms with Crippen LogP contribution in [0.4, 0.5) is 0 Å². The Morgan fingerprint density at radius 2 is 2.64 bits per heavy atom. The molecular weight excluding hydrogens is 142 g/mol. The van der Waals surface area contributed by atoms with Gasteiger partial charge in [0.25, 0.3) is 0 Å². The Kier molecular flexibility index (Phi) is 2.00. The summed E-state index contributed by atoms with van der Waals surface area (Å²) in [5, 5.41) is 0. The van der Waals surface area contributed by atoms with Crippen molar-refractivity contribution in [3.63, 3.8) is 0 Å². The molecule has 0 bridgehead atoms. The second kappa shape index (κ2) is 2.66. The number of hydrogen-bond acceptors (Lipinski definition) is 3. The van der Waals surface area contributed by atoms with Crippen molar-refractivity contribution in [2.24, 2.45) is 11.7 Å². The van der Waals surface area contributed by atoms with Gasteiger partial charge in [-0.05, 0) is 13.3 Å². The number of esters is 1. The van der Waals surface area contributed by atoms with Gasteiger partial charge in [0, 0.05) is 5.92 Å². The first-order valence-corrected chi connectivity index (χ1v) is 3.73. The third-order valence-corrected chi connectivity index (χ3v) is 2.00. The molecule has 2 atom stereocenters. The number of nitrogens with two attached hydrogens (primary N) is 1. The fourth-order valence-electron chi connectivity index (χ4n) is 1.10. The third kappa shape index (κ3) is 1.28. The van der Waals surface area contributed by atoms with E-state index in [2.05, 4.69) is 6.58 Å². The predicted molar refractivity (Wildman–Crippen MR) is 41.9 cm³/mol. The van der Waals surface area contributed by atoms with Crippen LogP contribution >= 0.6 is 0 Å². The van der Waals surface area contributed by atoms with Crippen LogP contribution in [0, 0.1) is 5.92 Å². The highest BCUT2D eigenvalue weighted by Gasteiger charge is 2.56. The molecule has 0 aromatic heterocycles. The van der Waals surface area contributed by atoms with Crippen molar-refractivity contribution < 1.29 is 9.53 Å². The standard InChI is InChI=1S/C8H13NO2/c1-3-6-5-8(6,9)7(10)11-4-2/h3,6H,1,4-5,9H2,2H3/t6-,8?/m0/s1. The van der Waals surface area contributed by atoms with E-state index in [0.717, 1.165) is 0 Å². The van der Waals surface area contributed by atoms with Gasteiger partial charge in [0.1, 0.15) is 5.54 Å². The molecule has 3 heteroatoms. The van der Waals surface area contributed by atoms with E-state index in [9.17, 15) is 4.79 Å². The molecule has 0 aromatic rings. The summed E-state index contributed by atoms with van der Waals surface area (Å²) in [7, 11) is 0. The van der Waals surface area contributed by atoms with Gasteiger partial charge in [0.2, 0.25) is 0 Å². The van der Waals surface area contributed by atoms with Crippen molar-refractivity contribution in [1.29, 1.82) is 0 Å². The molecule has 1 fully saturated rings. The summed E-state index contributed by atoms with van der Waals surface area (Å²) >= 11 is 0. The first kappa shape index (κ1) is 8.27. The first-order chi connectivity index (χ1) is 5.15. The lowest BCUT2D eigenvalue weighted by molar-refractivity contribution is -0.146. The van der Waals surface area contributed by atoms with E-state index in [1.165, 1.54) is 0 Å². The van der Waals surface area contributed by atoms with E-state index in [-0.39, 0.29) is 11.9 Å². The Labute approximate surface area is 66.2 Å². The number of hydrogen-bond donors (Lipinski definition) is 1. The van der Waals surface area contributed by atoms with E-state index < -0.39 is 5.54 Å². The summed E-state index contributed by atoms with van der Waals surface area (Å²) < 4.78 is 4.79. The summed E-state index contributed by atoms with van der Waals surface area (Å²) in [5.41, 5.74) is 4.93. The monoisotopic (exact) mass is 155 g/mol. The topological polar surface area (TPSA) is 52.3 Å². The fraction of sp³-hybridized carbons (Fsp3) is 0.625. The third-order valence-electron chi connectivity index (χ3n) is 2.00. The first-order valence-electron chi connectivity index (χ1n) is 3.73. The molecule has 1 unspecified atom stereocenters. The molecule has 62 valence electrons.